The first-order chi connectivity index (χ1) is 9.59. The summed E-state index contributed by atoms with van der Waals surface area (Å²) >= 11 is 1.50. The van der Waals surface area contributed by atoms with Crippen molar-refractivity contribution in [1.29, 1.82) is 0 Å². The summed E-state index contributed by atoms with van der Waals surface area (Å²) in [4.78, 5) is 16.9. The molecule has 0 saturated heterocycles. The van der Waals surface area contributed by atoms with Crippen LogP contribution in [-0.4, -0.2) is 9.55 Å². The van der Waals surface area contributed by atoms with E-state index < -0.39 is 0 Å². The van der Waals surface area contributed by atoms with E-state index in [2.05, 4.69) is 18.8 Å². The van der Waals surface area contributed by atoms with Gasteiger partial charge in [0.1, 0.15) is 5.00 Å². The van der Waals surface area contributed by atoms with E-state index in [0.717, 1.165) is 21.5 Å². The van der Waals surface area contributed by atoms with Crippen molar-refractivity contribution in [3.8, 4) is 5.00 Å². The molecule has 3 aromatic rings. The van der Waals surface area contributed by atoms with E-state index in [1.165, 1.54) is 16.9 Å². The summed E-state index contributed by atoms with van der Waals surface area (Å²) in [6.45, 7) is 6.23. The molecule has 0 unspecified atom stereocenters. The third-order valence-corrected chi connectivity index (χ3v) is 4.44. The fourth-order valence-electron chi connectivity index (χ4n) is 2.46. The van der Waals surface area contributed by atoms with Crippen molar-refractivity contribution in [1.82, 2.24) is 9.55 Å². The van der Waals surface area contributed by atoms with E-state index in [4.69, 9.17) is 0 Å². The molecule has 0 bridgehead atoms. The van der Waals surface area contributed by atoms with Gasteiger partial charge in [-0.2, -0.15) is 0 Å². The molecule has 0 amide bonds. The number of pyridine rings is 1. The van der Waals surface area contributed by atoms with Gasteiger partial charge < -0.3 is 0 Å². The summed E-state index contributed by atoms with van der Waals surface area (Å²) in [5.74, 6) is 0.361. The Bertz CT molecular complexity index is 830. The van der Waals surface area contributed by atoms with Crippen LogP contribution in [-0.2, 0) is 0 Å². The summed E-state index contributed by atoms with van der Waals surface area (Å²) < 4.78 is 1.74. The minimum absolute atomic E-state index is 0.0253. The maximum Gasteiger partial charge on any atom is 0.263 e. The summed E-state index contributed by atoms with van der Waals surface area (Å²) in [6.07, 6.45) is 1.97. The smallest absolute Gasteiger partial charge is 0.263 e. The van der Waals surface area contributed by atoms with Crippen LogP contribution in [0.15, 0.2) is 40.8 Å². The molecule has 1 aromatic carbocycles. The van der Waals surface area contributed by atoms with Crippen LogP contribution in [0, 0.1) is 6.92 Å². The zero-order valence-corrected chi connectivity index (χ0v) is 12.6. The molecule has 3 nitrogen and oxygen atoms in total. The second kappa shape index (κ2) is 4.87. The molecule has 2 heterocycles. The summed E-state index contributed by atoms with van der Waals surface area (Å²) in [5, 5.41) is 2.72. The molecule has 0 aliphatic rings. The number of aromatic nitrogens is 2. The van der Waals surface area contributed by atoms with E-state index in [-0.39, 0.29) is 5.56 Å². The standard InChI is InChI=1S/C16H16N2OS/c1-10(2)14-8-18(16-11(3)17-9-20-16)15(19)13-7-5-4-6-12(13)14/h4-10H,1-3H3. The van der Waals surface area contributed by atoms with Gasteiger partial charge in [-0.1, -0.05) is 32.0 Å². The molecule has 2 aromatic heterocycles. The maximum absolute atomic E-state index is 12.7. The third kappa shape index (κ3) is 1.96. The Morgan fingerprint density at radius 3 is 2.50 bits per heavy atom. The third-order valence-electron chi connectivity index (χ3n) is 3.52. The van der Waals surface area contributed by atoms with Crippen LogP contribution in [0.4, 0.5) is 0 Å². The lowest BCUT2D eigenvalue weighted by Gasteiger charge is -2.13. The van der Waals surface area contributed by atoms with Crippen molar-refractivity contribution >= 4 is 22.1 Å². The Labute approximate surface area is 121 Å². The first-order valence-electron chi connectivity index (χ1n) is 6.64. The Balaban J connectivity index is 2.43. The van der Waals surface area contributed by atoms with Gasteiger partial charge in [-0.05, 0) is 29.9 Å². The molecule has 0 spiro atoms. The highest BCUT2D eigenvalue weighted by molar-refractivity contribution is 7.12. The Morgan fingerprint density at radius 2 is 1.90 bits per heavy atom. The average Bonchev–Trinajstić information content (AvgIpc) is 2.85. The second-order valence-electron chi connectivity index (χ2n) is 5.20. The fourth-order valence-corrected chi connectivity index (χ4v) is 3.24. The Kier molecular flexibility index (Phi) is 3.18. The molecule has 0 radical (unpaired) electrons. The average molecular weight is 284 g/mol. The molecule has 0 atom stereocenters. The van der Waals surface area contributed by atoms with Gasteiger partial charge in [0.05, 0.1) is 11.2 Å². The molecule has 4 heteroatoms. The topological polar surface area (TPSA) is 34.9 Å². The normalized spacial score (nSPS) is 11.4. The highest BCUT2D eigenvalue weighted by Crippen LogP contribution is 2.25. The molecule has 0 saturated carbocycles. The zero-order chi connectivity index (χ0) is 14.3. The van der Waals surface area contributed by atoms with Crippen LogP contribution in [0.5, 0.6) is 0 Å². The highest BCUT2D eigenvalue weighted by atomic mass is 32.1. The number of thiazole rings is 1. The molecule has 3 rings (SSSR count). The molecule has 0 aliphatic carbocycles. The maximum atomic E-state index is 12.7. The number of hydrogen-bond donors (Lipinski definition) is 0. The number of nitrogens with zero attached hydrogens (tertiary/aromatic N) is 2. The van der Waals surface area contributed by atoms with E-state index in [1.807, 2.05) is 37.4 Å². The van der Waals surface area contributed by atoms with Crippen LogP contribution < -0.4 is 5.56 Å². The van der Waals surface area contributed by atoms with Gasteiger partial charge in [-0.15, -0.1) is 11.3 Å². The fraction of sp³-hybridized carbons (Fsp3) is 0.250. The monoisotopic (exact) mass is 284 g/mol. The van der Waals surface area contributed by atoms with Crippen LogP contribution in [0.1, 0.15) is 31.0 Å². The lowest BCUT2D eigenvalue weighted by Crippen LogP contribution is -2.19. The quantitative estimate of drug-likeness (QED) is 0.716. The van der Waals surface area contributed by atoms with E-state index in [0.29, 0.717) is 5.92 Å². The molecule has 102 valence electrons. The van der Waals surface area contributed by atoms with Crippen molar-refractivity contribution in [2.24, 2.45) is 0 Å². The SMILES string of the molecule is Cc1ncsc1-n1cc(C(C)C)c2ccccc2c1=O. The van der Waals surface area contributed by atoms with Crippen molar-refractivity contribution in [2.75, 3.05) is 0 Å². The molecule has 20 heavy (non-hydrogen) atoms. The Morgan fingerprint density at radius 1 is 1.20 bits per heavy atom. The first-order valence-corrected chi connectivity index (χ1v) is 7.52. The second-order valence-corrected chi connectivity index (χ2v) is 6.04. The first kappa shape index (κ1) is 13.1. The number of benzene rings is 1. The minimum atomic E-state index is 0.0253. The van der Waals surface area contributed by atoms with Crippen LogP contribution in [0.2, 0.25) is 0 Å². The van der Waals surface area contributed by atoms with E-state index in [9.17, 15) is 4.79 Å². The Hall–Kier alpha value is -1.94. The lowest BCUT2D eigenvalue weighted by molar-refractivity contribution is 0.850. The predicted molar refractivity (Wildman–Crippen MR) is 84.0 cm³/mol. The summed E-state index contributed by atoms with van der Waals surface area (Å²) in [7, 11) is 0. The zero-order valence-electron chi connectivity index (χ0n) is 11.8. The van der Waals surface area contributed by atoms with Gasteiger partial charge in [0.25, 0.3) is 5.56 Å². The van der Waals surface area contributed by atoms with Crippen molar-refractivity contribution in [2.45, 2.75) is 26.7 Å². The highest BCUT2D eigenvalue weighted by Gasteiger charge is 2.14. The van der Waals surface area contributed by atoms with Gasteiger partial charge in [0.15, 0.2) is 0 Å². The van der Waals surface area contributed by atoms with Crippen molar-refractivity contribution < 1.29 is 0 Å². The number of aryl methyl sites for hydroxylation is 1. The van der Waals surface area contributed by atoms with Crippen LogP contribution >= 0.6 is 11.3 Å². The number of hydrogen-bond acceptors (Lipinski definition) is 3. The molecule has 0 N–H and O–H groups in total. The number of fused-ring (bicyclic) bond motifs is 1. The van der Waals surface area contributed by atoms with Crippen LogP contribution in [0.3, 0.4) is 0 Å². The van der Waals surface area contributed by atoms with Gasteiger partial charge in [-0.3, -0.25) is 9.36 Å². The van der Waals surface area contributed by atoms with Gasteiger partial charge >= 0.3 is 0 Å². The van der Waals surface area contributed by atoms with E-state index >= 15 is 0 Å². The lowest BCUT2D eigenvalue weighted by atomic mass is 9.98. The minimum Gasteiger partial charge on any atom is -0.273 e. The number of rotatable bonds is 2. The van der Waals surface area contributed by atoms with Crippen molar-refractivity contribution in [3.05, 3.63) is 57.6 Å². The van der Waals surface area contributed by atoms with Gasteiger partial charge in [0.2, 0.25) is 0 Å². The predicted octanol–water partition coefficient (Wildman–Crippen LogP) is 3.88. The van der Waals surface area contributed by atoms with Crippen molar-refractivity contribution in [3.63, 3.8) is 0 Å². The molecule has 0 fully saturated rings. The molecular weight excluding hydrogens is 268 g/mol. The van der Waals surface area contributed by atoms with Crippen LogP contribution in [0.25, 0.3) is 15.8 Å². The van der Waals surface area contributed by atoms with Gasteiger partial charge in [-0.25, -0.2) is 4.98 Å². The summed E-state index contributed by atoms with van der Waals surface area (Å²) in [5.41, 5.74) is 3.88. The molecule has 0 aliphatic heterocycles. The van der Waals surface area contributed by atoms with E-state index in [1.54, 1.807) is 10.1 Å². The largest absolute Gasteiger partial charge is 0.273 e. The van der Waals surface area contributed by atoms with Gasteiger partial charge in [0, 0.05) is 11.6 Å². The summed E-state index contributed by atoms with van der Waals surface area (Å²) in [6, 6.07) is 7.82. The molecular formula is C16H16N2OS.